The molecule has 3 rings (SSSR count). The van der Waals surface area contributed by atoms with E-state index in [9.17, 15) is 5.11 Å². The molecular weight excluding hydrogens is 256 g/mol. The van der Waals surface area contributed by atoms with Crippen LogP contribution in [0.4, 0.5) is 0 Å². The van der Waals surface area contributed by atoms with Crippen molar-refractivity contribution in [2.24, 2.45) is 11.8 Å². The molecule has 0 radical (unpaired) electrons. The first-order chi connectivity index (χ1) is 9.16. The molecular formula is C15H20N2OS. The van der Waals surface area contributed by atoms with E-state index in [1.807, 2.05) is 18.5 Å². The lowest BCUT2D eigenvalue weighted by Gasteiger charge is -2.38. The van der Waals surface area contributed by atoms with Gasteiger partial charge in [0, 0.05) is 12.4 Å². The van der Waals surface area contributed by atoms with Crippen LogP contribution < -0.4 is 0 Å². The second kappa shape index (κ2) is 5.10. The maximum absolute atomic E-state index is 10.5. The predicted octanol–water partition coefficient (Wildman–Crippen LogP) is 3.58. The fourth-order valence-electron chi connectivity index (χ4n) is 3.41. The molecule has 1 fully saturated rings. The Kier molecular flexibility index (Phi) is 3.46. The third-order valence-electron chi connectivity index (χ3n) is 4.13. The van der Waals surface area contributed by atoms with Crippen LogP contribution in [0.15, 0.2) is 29.9 Å². The highest BCUT2D eigenvalue weighted by molar-refractivity contribution is 7.13. The summed E-state index contributed by atoms with van der Waals surface area (Å²) in [6.45, 7) is 4.46. The van der Waals surface area contributed by atoms with Gasteiger partial charge in [0.1, 0.15) is 5.82 Å². The van der Waals surface area contributed by atoms with Crippen molar-refractivity contribution in [1.29, 1.82) is 0 Å². The number of aromatic nitrogens is 2. The van der Waals surface area contributed by atoms with Crippen molar-refractivity contribution in [3.8, 4) is 10.7 Å². The number of thiophene rings is 1. The molecule has 19 heavy (non-hydrogen) atoms. The highest BCUT2D eigenvalue weighted by Gasteiger charge is 2.35. The van der Waals surface area contributed by atoms with E-state index >= 15 is 0 Å². The van der Waals surface area contributed by atoms with E-state index in [1.165, 1.54) is 11.3 Å². The van der Waals surface area contributed by atoms with Gasteiger partial charge in [0.05, 0.1) is 17.0 Å². The minimum atomic E-state index is -0.272. The highest BCUT2D eigenvalue weighted by atomic mass is 32.1. The fourth-order valence-corrected chi connectivity index (χ4v) is 4.14. The minimum Gasteiger partial charge on any atom is -0.391 e. The predicted molar refractivity (Wildman–Crippen MR) is 78.1 cm³/mol. The van der Waals surface area contributed by atoms with Gasteiger partial charge in [-0.2, -0.15) is 0 Å². The molecule has 1 saturated carbocycles. The van der Waals surface area contributed by atoms with E-state index in [0.29, 0.717) is 11.8 Å². The number of rotatable bonds is 2. The van der Waals surface area contributed by atoms with Crippen molar-refractivity contribution in [3.05, 3.63) is 29.9 Å². The monoisotopic (exact) mass is 276 g/mol. The Bertz CT molecular complexity index is 522. The molecule has 1 aliphatic rings. The average Bonchev–Trinajstić information content (AvgIpc) is 2.96. The largest absolute Gasteiger partial charge is 0.391 e. The zero-order chi connectivity index (χ0) is 13.4. The Balaban J connectivity index is 1.96. The van der Waals surface area contributed by atoms with Gasteiger partial charge < -0.3 is 9.67 Å². The van der Waals surface area contributed by atoms with E-state index in [-0.39, 0.29) is 12.1 Å². The smallest absolute Gasteiger partial charge is 0.150 e. The van der Waals surface area contributed by atoms with Gasteiger partial charge >= 0.3 is 0 Å². The fraction of sp³-hybridized carbons (Fsp3) is 0.533. The SMILES string of the molecule is CC1CC(C)C(n2ccnc2-c2cccs2)C(O)C1. The van der Waals surface area contributed by atoms with E-state index < -0.39 is 0 Å². The van der Waals surface area contributed by atoms with Crippen LogP contribution in [0.25, 0.3) is 10.7 Å². The van der Waals surface area contributed by atoms with Gasteiger partial charge in [-0.05, 0) is 36.1 Å². The summed E-state index contributed by atoms with van der Waals surface area (Å²) in [5.74, 6) is 2.07. The molecule has 2 aromatic rings. The minimum absolute atomic E-state index is 0.149. The molecule has 4 atom stereocenters. The van der Waals surface area contributed by atoms with E-state index in [2.05, 4.69) is 34.8 Å². The van der Waals surface area contributed by atoms with Crippen molar-refractivity contribution in [1.82, 2.24) is 9.55 Å². The molecule has 0 aromatic carbocycles. The standard InChI is InChI=1S/C15H20N2OS/c1-10-8-11(2)14(12(18)9-10)17-6-5-16-15(17)13-4-3-7-19-13/h3-7,10-12,14,18H,8-9H2,1-2H3. The van der Waals surface area contributed by atoms with Gasteiger partial charge in [0.2, 0.25) is 0 Å². The van der Waals surface area contributed by atoms with Gasteiger partial charge in [-0.1, -0.05) is 19.9 Å². The van der Waals surface area contributed by atoms with Crippen LogP contribution in [0.5, 0.6) is 0 Å². The maximum Gasteiger partial charge on any atom is 0.150 e. The molecule has 1 N–H and O–H groups in total. The lowest BCUT2D eigenvalue weighted by Crippen LogP contribution is -2.36. The second-order valence-corrected chi connectivity index (χ2v) is 6.69. The summed E-state index contributed by atoms with van der Waals surface area (Å²) in [5.41, 5.74) is 0. The topological polar surface area (TPSA) is 38.0 Å². The Hall–Kier alpha value is -1.13. The van der Waals surface area contributed by atoms with Gasteiger partial charge in [-0.3, -0.25) is 0 Å². The second-order valence-electron chi connectivity index (χ2n) is 5.75. The maximum atomic E-state index is 10.5. The van der Waals surface area contributed by atoms with Crippen LogP contribution >= 0.6 is 11.3 Å². The summed E-state index contributed by atoms with van der Waals surface area (Å²) in [7, 11) is 0. The first-order valence-electron chi connectivity index (χ1n) is 6.91. The van der Waals surface area contributed by atoms with Crippen LogP contribution in [0.3, 0.4) is 0 Å². The third kappa shape index (κ3) is 2.35. The van der Waals surface area contributed by atoms with Crippen LogP contribution in [0, 0.1) is 11.8 Å². The molecule has 0 saturated heterocycles. The molecule has 0 spiro atoms. The summed E-state index contributed by atoms with van der Waals surface area (Å²) in [5, 5.41) is 12.5. The molecule has 2 aromatic heterocycles. The van der Waals surface area contributed by atoms with Crippen LogP contribution in [0.2, 0.25) is 0 Å². The van der Waals surface area contributed by atoms with Crippen LogP contribution in [-0.4, -0.2) is 20.8 Å². The molecule has 0 aliphatic heterocycles. The number of aliphatic hydroxyl groups excluding tert-OH is 1. The van der Waals surface area contributed by atoms with Gasteiger partial charge in [-0.25, -0.2) is 4.98 Å². The summed E-state index contributed by atoms with van der Waals surface area (Å²) < 4.78 is 2.17. The normalized spacial score (nSPS) is 31.5. The molecule has 4 unspecified atom stereocenters. The molecule has 102 valence electrons. The average molecular weight is 276 g/mol. The Morgan fingerprint density at radius 3 is 2.89 bits per heavy atom. The van der Waals surface area contributed by atoms with Crippen LogP contribution in [-0.2, 0) is 0 Å². The molecule has 3 nitrogen and oxygen atoms in total. The molecule has 0 amide bonds. The zero-order valence-corrected chi connectivity index (χ0v) is 12.2. The summed E-state index contributed by atoms with van der Waals surface area (Å²) in [6, 6.07) is 4.28. The first-order valence-corrected chi connectivity index (χ1v) is 7.79. The summed E-state index contributed by atoms with van der Waals surface area (Å²) in [6.07, 6.45) is 5.63. The summed E-state index contributed by atoms with van der Waals surface area (Å²) >= 11 is 1.70. The van der Waals surface area contributed by atoms with Crippen molar-refractivity contribution in [2.75, 3.05) is 0 Å². The van der Waals surface area contributed by atoms with Crippen molar-refractivity contribution >= 4 is 11.3 Å². The summed E-state index contributed by atoms with van der Waals surface area (Å²) in [4.78, 5) is 5.65. The van der Waals surface area contributed by atoms with Gasteiger partial charge in [0.25, 0.3) is 0 Å². The number of imidazole rings is 1. The quantitative estimate of drug-likeness (QED) is 0.910. The zero-order valence-electron chi connectivity index (χ0n) is 11.4. The molecule has 0 bridgehead atoms. The number of hydrogen-bond acceptors (Lipinski definition) is 3. The Morgan fingerprint density at radius 1 is 1.37 bits per heavy atom. The van der Waals surface area contributed by atoms with Crippen molar-refractivity contribution < 1.29 is 5.11 Å². The Labute approximate surface area is 117 Å². The first kappa shape index (κ1) is 12.9. The lowest BCUT2D eigenvalue weighted by atomic mass is 9.78. The molecule has 1 aliphatic carbocycles. The van der Waals surface area contributed by atoms with Crippen molar-refractivity contribution in [3.63, 3.8) is 0 Å². The van der Waals surface area contributed by atoms with Gasteiger partial charge in [0.15, 0.2) is 0 Å². The number of aliphatic hydroxyl groups is 1. The lowest BCUT2D eigenvalue weighted by molar-refractivity contribution is 0.0242. The van der Waals surface area contributed by atoms with Crippen molar-refractivity contribution in [2.45, 2.75) is 38.8 Å². The third-order valence-corrected chi connectivity index (χ3v) is 4.99. The van der Waals surface area contributed by atoms with E-state index in [1.54, 1.807) is 11.3 Å². The number of hydrogen-bond donors (Lipinski definition) is 1. The van der Waals surface area contributed by atoms with Crippen LogP contribution in [0.1, 0.15) is 32.7 Å². The van der Waals surface area contributed by atoms with E-state index in [0.717, 1.165) is 12.2 Å². The molecule has 2 heterocycles. The van der Waals surface area contributed by atoms with E-state index in [4.69, 9.17) is 0 Å². The molecule has 4 heteroatoms. The van der Waals surface area contributed by atoms with Gasteiger partial charge in [-0.15, -0.1) is 11.3 Å². The highest BCUT2D eigenvalue weighted by Crippen LogP contribution is 2.39. The number of nitrogens with zero attached hydrogens (tertiary/aromatic N) is 2. The Morgan fingerprint density at radius 2 is 2.21 bits per heavy atom.